The van der Waals surface area contributed by atoms with Crippen LogP contribution in [-0.2, 0) is 4.74 Å². The van der Waals surface area contributed by atoms with Crippen LogP contribution in [0.5, 0.6) is 0 Å². The Balaban J connectivity index is 2.05. The van der Waals surface area contributed by atoms with E-state index in [1.165, 1.54) is 11.3 Å². The third kappa shape index (κ3) is 2.71. The zero-order chi connectivity index (χ0) is 13.1. The molecule has 0 saturated heterocycles. The quantitative estimate of drug-likeness (QED) is 0.909. The van der Waals surface area contributed by atoms with Crippen LogP contribution in [-0.4, -0.2) is 28.4 Å². The fourth-order valence-electron chi connectivity index (χ4n) is 1.18. The summed E-state index contributed by atoms with van der Waals surface area (Å²) in [5.74, 6) is 0.200. The van der Waals surface area contributed by atoms with E-state index in [1.54, 1.807) is 20.1 Å². The molecule has 0 spiro atoms. The van der Waals surface area contributed by atoms with Crippen LogP contribution >= 0.6 is 11.3 Å². The summed E-state index contributed by atoms with van der Waals surface area (Å²) in [7, 11) is 1.59. The Morgan fingerprint density at radius 3 is 2.94 bits per heavy atom. The summed E-state index contributed by atoms with van der Waals surface area (Å²) in [5.41, 5.74) is 0.212. The monoisotopic (exact) mass is 268 g/mol. The number of nitrogens with one attached hydrogen (secondary N) is 1. The van der Waals surface area contributed by atoms with E-state index in [9.17, 15) is 4.79 Å². The normalized spacial score (nSPS) is 12.4. The minimum Gasteiger partial charge on any atom is -0.374 e. The van der Waals surface area contributed by atoms with Gasteiger partial charge in [-0.25, -0.2) is 0 Å². The van der Waals surface area contributed by atoms with Crippen molar-refractivity contribution in [3.8, 4) is 0 Å². The Morgan fingerprint density at radius 2 is 2.33 bits per heavy atom. The molecule has 7 nitrogen and oxygen atoms in total. The summed E-state index contributed by atoms with van der Waals surface area (Å²) in [4.78, 5) is 11.8. The molecule has 0 bridgehead atoms. The smallest absolute Gasteiger partial charge is 0.279 e. The highest BCUT2D eigenvalue weighted by Crippen LogP contribution is 2.23. The van der Waals surface area contributed by atoms with Crippen LogP contribution in [0.15, 0.2) is 10.6 Å². The molecule has 0 saturated carbocycles. The van der Waals surface area contributed by atoms with Crippen LogP contribution in [0.3, 0.4) is 0 Å². The Bertz CT molecular complexity index is 551. The second kappa shape index (κ2) is 5.23. The lowest BCUT2D eigenvalue weighted by Gasteiger charge is -2.02. The molecule has 1 amide bonds. The number of carbonyl (C=O) groups excluding carboxylic acids is 1. The molecule has 0 aliphatic carbocycles. The number of nitrogens with zero attached hydrogens (tertiary/aromatic N) is 3. The van der Waals surface area contributed by atoms with E-state index in [0.717, 1.165) is 0 Å². The van der Waals surface area contributed by atoms with Crippen molar-refractivity contribution < 1.29 is 14.1 Å². The Morgan fingerprint density at radius 1 is 1.56 bits per heavy atom. The predicted molar refractivity (Wildman–Crippen MR) is 64.5 cm³/mol. The molecule has 0 aliphatic rings. The third-order valence-electron chi connectivity index (χ3n) is 2.22. The maximum atomic E-state index is 11.8. The highest BCUT2D eigenvalue weighted by molar-refractivity contribution is 7.15. The molecule has 96 valence electrons. The van der Waals surface area contributed by atoms with Crippen LogP contribution in [0.25, 0.3) is 0 Å². The Kier molecular flexibility index (Phi) is 3.68. The highest BCUT2D eigenvalue weighted by Gasteiger charge is 2.15. The van der Waals surface area contributed by atoms with Crippen molar-refractivity contribution in [2.24, 2.45) is 0 Å². The van der Waals surface area contributed by atoms with Gasteiger partial charge in [-0.1, -0.05) is 16.5 Å². The van der Waals surface area contributed by atoms with E-state index in [0.29, 0.717) is 15.9 Å². The molecule has 0 fully saturated rings. The minimum absolute atomic E-state index is 0.151. The lowest BCUT2D eigenvalue weighted by molar-refractivity contribution is 0.101. The fourth-order valence-corrected chi connectivity index (χ4v) is 1.95. The second-order valence-corrected chi connectivity index (χ2v) is 4.61. The van der Waals surface area contributed by atoms with Crippen LogP contribution in [0.2, 0.25) is 0 Å². The number of rotatable bonds is 4. The molecule has 0 radical (unpaired) electrons. The molecule has 0 aromatic carbocycles. The van der Waals surface area contributed by atoms with Crippen molar-refractivity contribution in [3.05, 3.63) is 22.5 Å². The summed E-state index contributed by atoms with van der Waals surface area (Å²) in [5, 5.41) is 15.1. The maximum absolute atomic E-state index is 11.8. The molecule has 0 aliphatic heterocycles. The Labute approximate surface area is 107 Å². The van der Waals surface area contributed by atoms with Crippen molar-refractivity contribution >= 4 is 22.4 Å². The SMILES string of the molecule is COC(C)c1nnc(NC(=O)c2cc(C)on2)s1. The van der Waals surface area contributed by atoms with Gasteiger partial charge in [-0.05, 0) is 13.8 Å². The van der Waals surface area contributed by atoms with Gasteiger partial charge in [0, 0.05) is 13.2 Å². The van der Waals surface area contributed by atoms with Crippen LogP contribution in [0.4, 0.5) is 5.13 Å². The highest BCUT2D eigenvalue weighted by atomic mass is 32.1. The fraction of sp³-hybridized carbons (Fsp3) is 0.400. The van der Waals surface area contributed by atoms with Crippen molar-refractivity contribution in [1.29, 1.82) is 0 Å². The van der Waals surface area contributed by atoms with Gasteiger partial charge in [0.25, 0.3) is 5.91 Å². The zero-order valence-corrected chi connectivity index (χ0v) is 10.9. The number of aryl methyl sites for hydroxylation is 1. The number of aromatic nitrogens is 3. The van der Waals surface area contributed by atoms with E-state index >= 15 is 0 Å². The Hall–Kier alpha value is -1.80. The molecule has 2 aromatic heterocycles. The first-order chi connectivity index (χ1) is 8.60. The van der Waals surface area contributed by atoms with Gasteiger partial charge >= 0.3 is 0 Å². The number of anilines is 1. The molecule has 1 N–H and O–H groups in total. The summed E-state index contributed by atoms with van der Waals surface area (Å²) < 4.78 is 9.93. The predicted octanol–water partition coefficient (Wildman–Crippen LogP) is 1.79. The van der Waals surface area contributed by atoms with E-state index in [1.807, 2.05) is 6.92 Å². The lowest BCUT2D eigenvalue weighted by Crippen LogP contribution is -2.11. The first kappa shape index (κ1) is 12.7. The molecule has 2 heterocycles. The summed E-state index contributed by atoms with van der Waals surface area (Å²) in [6, 6.07) is 1.55. The van der Waals surface area contributed by atoms with Crippen molar-refractivity contribution in [3.63, 3.8) is 0 Å². The van der Waals surface area contributed by atoms with Crippen LogP contribution in [0, 0.1) is 6.92 Å². The van der Waals surface area contributed by atoms with Gasteiger partial charge in [0.1, 0.15) is 16.9 Å². The summed E-state index contributed by atoms with van der Waals surface area (Å²) in [6.07, 6.45) is -0.151. The number of carbonyl (C=O) groups is 1. The summed E-state index contributed by atoms with van der Waals surface area (Å²) >= 11 is 1.26. The van der Waals surface area contributed by atoms with E-state index in [-0.39, 0.29) is 17.7 Å². The maximum Gasteiger partial charge on any atom is 0.279 e. The van der Waals surface area contributed by atoms with Gasteiger partial charge in [-0.2, -0.15) is 0 Å². The van der Waals surface area contributed by atoms with Crippen molar-refractivity contribution in [2.75, 3.05) is 12.4 Å². The van der Waals surface area contributed by atoms with Gasteiger partial charge in [-0.15, -0.1) is 10.2 Å². The molecular formula is C10H12N4O3S. The first-order valence-corrected chi connectivity index (χ1v) is 6.02. The van der Waals surface area contributed by atoms with E-state index in [4.69, 9.17) is 9.26 Å². The van der Waals surface area contributed by atoms with Gasteiger partial charge in [-0.3, -0.25) is 10.1 Å². The van der Waals surface area contributed by atoms with Gasteiger partial charge in [0.2, 0.25) is 5.13 Å². The summed E-state index contributed by atoms with van der Waals surface area (Å²) in [6.45, 7) is 3.57. The molecule has 1 atom stereocenters. The topological polar surface area (TPSA) is 90.1 Å². The van der Waals surface area contributed by atoms with Crippen molar-refractivity contribution in [1.82, 2.24) is 15.4 Å². The molecular weight excluding hydrogens is 256 g/mol. The number of amides is 1. The molecule has 1 unspecified atom stereocenters. The van der Waals surface area contributed by atoms with E-state index < -0.39 is 0 Å². The number of ether oxygens (including phenoxy) is 1. The largest absolute Gasteiger partial charge is 0.374 e. The van der Waals surface area contributed by atoms with Crippen LogP contribution < -0.4 is 5.32 Å². The van der Waals surface area contributed by atoms with Gasteiger partial charge in [0.05, 0.1) is 0 Å². The second-order valence-electron chi connectivity index (χ2n) is 3.60. The van der Waals surface area contributed by atoms with Gasteiger partial charge < -0.3 is 9.26 Å². The number of methoxy groups -OCH3 is 1. The molecule has 2 aromatic rings. The standard InChI is InChI=1S/C10H12N4O3S/c1-5-4-7(14-17-5)8(15)11-10-13-12-9(18-10)6(2)16-3/h4,6H,1-3H3,(H,11,13,15). The average Bonchev–Trinajstić information content (AvgIpc) is 2.97. The van der Waals surface area contributed by atoms with Crippen LogP contribution in [0.1, 0.15) is 34.3 Å². The minimum atomic E-state index is -0.375. The van der Waals surface area contributed by atoms with Crippen molar-refractivity contribution in [2.45, 2.75) is 20.0 Å². The molecule has 2 rings (SSSR count). The number of hydrogen-bond donors (Lipinski definition) is 1. The number of hydrogen-bond acceptors (Lipinski definition) is 7. The van der Waals surface area contributed by atoms with E-state index in [2.05, 4.69) is 20.7 Å². The van der Waals surface area contributed by atoms with Gasteiger partial charge in [0.15, 0.2) is 5.69 Å². The molecule has 8 heteroatoms. The third-order valence-corrected chi connectivity index (χ3v) is 3.22. The zero-order valence-electron chi connectivity index (χ0n) is 10.1. The lowest BCUT2D eigenvalue weighted by atomic mass is 10.4. The first-order valence-electron chi connectivity index (χ1n) is 5.21. The average molecular weight is 268 g/mol. The molecule has 18 heavy (non-hydrogen) atoms.